The Bertz CT molecular complexity index is 67.0. The first-order valence-electron chi connectivity index (χ1n) is 1.30. The quantitative estimate of drug-likeness (QED) is 0.274. The predicted octanol–water partition coefficient (Wildman–Crippen LogP) is -3.23. The van der Waals surface area contributed by atoms with Gasteiger partial charge in [-0.3, -0.25) is 8.92 Å². The summed E-state index contributed by atoms with van der Waals surface area (Å²) >= 11 is 0. The molecule has 0 aromatic rings. The molecule has 0 aromatic carbocycles. The zero-order valence-corrected chi connectivity index (χ0v) is 5.61. The van der Waals surface area contributed by atoms with Crippen LogP contribution in [0.3, 0.4) is 0 Å². The van der Waals surface area contributed by atoms with Crippen LogP contribution in [0.5, 0.6) is 0 Å². The number of rotatable bonds is 0. The molecule has 8 heavy (non-hydrogen) atoms. The highest BCUT2D eigenvalue weighted by atomic mass is 28.4. The van der Waals surface area contributed by atoms with Crippen molar-refractivity contribution in [2.75, 3.05) is 0 Å². The molecule has 4 N–H and O–H groups in total. The van der Waals surface area contributed by atoms with Crippen molar-refractivity contribution in [3.8, 4) is 0 Å². The molecule has 0 unspecified atom stereocenters. The zero-order valence-electron chi connectivity index (χ0n) is 3.61. The molecule has 0 amide bonds. The summed E-state index contributed by atoms with van der Waals surface area (Å²) < 4.78 is 16.8. The van der Waals surface area contributed by atoms with E-state index in [1.807, 2.05) is 0 Å². The molecule has 0 aliphatic rings. The summed E-state index contributed by atoms with van der Waals surface area (Å²) in [6.07, 6.45) is 0. The summed E-state index contributed by atoms with van der Waals surface area (Å²) in [6, 6.07) is 0. The normalized spacial score (nSPS) is 8.50. The van der Waals surface area contributed by atoms with Crippen molar-refractivity contribution >= 4 is 18.3 Å². The lowest BCUT2D eigenvalue weighted by molar-refractivity contribution is 0.117. The molecule has 8 heteroatoms. The maximum atomic E-state index is 8.40. The first-order valence-corrected chi connectivity index (χ1v) is 3.91. The Morgan fingerprint density at radius 1 is 1.00 bits per heavy atom. The highest BCUT2D eigenvalue weighted by Gasteiger charge is 2.22. The van der Waals surface area contributed by atoms with Crippen LogP contribution in [0, 0.1) is 0 Å². The fourth-order valence-corrected chi connectivity index (χ4v) is 0. The lowest BCUT2D eigenvalue weighted by Gasteiger charge is -1.91. The molecule has 0 aliphatic heterocycles. The molecule has 0 bridgehead atoms. The molecule has 0 saturated heterocycles. The molecule has 0 atom stereocenters. The Morgan fingerprint density at radius 3 is 1.00 bits per heavy atom. The van der Waals surface area contributed by atoms with Crippen molar-refractivity contribution < 1.29 is 28.1 Å². The summed E-state index contributed by atoms with van der Waals surface area (Å²) in [6.45, 7) is 0. The van der Waals surface area contributed by atoms with E-state index in [-0.39, 0.29) is 0 Å². The Hall–Kier alpha value is -0.126. The fourth-order valence-electron chi connectivity index (χ4n) is 0. The SMILES string of the molecule is O=[Si]=O.O[Si](O)(O)O. The Balaban J connectivity index is 0. The Labute approximate surface area is 47.5 Å². The van der Waals surface area contributed by atoms with E-state index >= 15 is 0 Å². The van der Waals surface area contributed by atoms with E-state index in [0.29, 0.717) is 0 Å². The Morgan fingerprint density at radius 2 is 1.00 bits per heavy atom. The van der Waals surface area contributed by atoms with E-state index in [1.54, 1.807) is 0 Å². The first kappa shape index (κ1) is 10.8. The molecule has 0 aliphatic carbocycles. The van der Waals surface area contributed by atoms with Crippen molar-refractivity contribution in [3.63, 3.8) is 0 Å². The fraction of sp³-hybridized carbons (Fsp3) is 0. The van der Waals surface area contributed by atoms with Gasteiger partial charge in [-0.1, -0.05) is 0 Å². The zero-order chi connectivity index (χ0) is 7.21. The monoisotopic (exact) mass is 156 g/mol. The van der Waals surface area contributed by atoms with E-state index in [1.165, 1.54) is 0 Å². The molecule has 48 valence electrons. The summed E-state index contributed by atoms with van der Waals surface area (Å²) in [7, 11) is -6.03. The summed E-state index contributed by atoms with van der Waals surface area (Å²) in [5.41, 5.74) is 0. The molecule has 0 rings (SSSR count). The summed E-state index contributed by atoms with van der Waals surface area (Å²) in [5, 5.41) is 0. The van der Waals surface area contributed by atoms with Gasteiger partial charge in [0.1, 0.15) is 0 Å². The van der Waals surface area contributed by atoms with Crippen molar-refractivity contribution in [1.82, 2.24) is 0 Å². The van der Waals surface area contributed by atoms with Crippen LogP contribution in [0.4, 0.5) is 0 Å². The van der Waals surface area contributed by atoms with Crippen LogP contribution in [0.25, 0.3) is 0 Å². The van der Waals surface area contributed by atoms with Gasteiger partial charge in [-0.05, 0) is 0 Å². The average molecular weight is 156 g/mol. The average Bonchev–Trinajstić information content (AvgIpc) is 1.27. The minimum atomic E-state index is -4.61. The van der Waals surface area contributed by atoms with Gasteiger partial charge in [-0.2, -0.15) is 0 Å². The van der Waals surface area contributed by atoms with Crippen molar-refractivity contribution in [1.29, 1.82) is 0 Å². The van der Waals surface area contributed by atoms with E-state index < -0.39 is 18.3 Å². The van der Waals surface area contributed by atoms with E-state index in [0.717, 1.165) is 0 Å². The van der Waals surface area contributed by atoms with Crippen molar-refractivity contribution in [3.05, 3.63) is 0 Å². The van der Waals surface area contributed by atoms with Crippen LogP contribution in [0.15, 0.2) is 0 Å². The van der Waals surface area contributed by atoms with Crippen LogP contribution < -0.4 is 0 Å². The van der Waals surface area contributed by atoms with Crippen LogP contribution in [0.1, 0.15) is 0 Å². The Kier molecular flexibility index (Phi) is 6.77. The van der Waals surface area contributed by atoms with Gasteiger partial charge in [0.15, 0.2) is 0 Å². The van der Waals surface area contributed by atoms with Gasteiger partial charge in [0.2, 0.25) is 0 Å². The molecule has 0 fully saturated rings. The van der Waals surface area contributed by atoms with Gasteiger partial charge in [0.25, 0.3) is 0 Å². The largest absolute Gasteiger partial charge is 0.668 e. The van der Waals surface area contributed by atoms with Crippen molar-refractivity contribution in [2.24, 2.45) is 0 Å². The lowest BCUT2D eigenvalue weighted by atomic mass is 15.7. The molecule has 0 radical (unpaired) electrons. The highest BCUT2D eigenvalue weighted by Crippen LogP contribution is 1.67. The van der Waals surface area contributed by atoms with Gasteiger partial charge < -0.3 is 19.2 Å². The van der Waals surface area contributed by atoms with Crippen LogP contribution >= 0.6 is 0 Å². The second-order valence-electron chi connectivity index (χ2n) is 0.683. The summed E-state index contributed by atoms with van der Waals surface area (Å²) in [5.74, 6) is 0. The maximum absolute atomic E-state index is 8.40. The predicted molar refractivity (Wildman–Crippen MR) is 21.8 cm³/mol. The number of hydrogen-bond acceptors (Lipinski definition) is 6. The maximum Gasteiger partial charge on any atom is 0.668 e. The third-order valence-electron chi connectivity index (χ3n) is 0. The molecule has 0 spiro atoms. The van der Waals surface area contributed by atoms with Crippen LogP contribution in [0.2, 0.25) is 0 Å². The summed E-state index contributed by atoms with van der Waals surface area (Å²) in [4.78, 5) is 29.3. The van der Waals surface area contributed by atoms with Gasteiger partial charge in [-0.25, -0.2) is 0 Å². The van der Waals surface area contributed by atoms with Crippen LogP contribution in [-0.4, -0.2) is 37.5 Å². The highest BCUT2D eigenvalue weighted by molar-refractivity contribution is 6.46. The lowest BCUT2D eigenvalue weighted by Crippen LogP contribution is -2.33. The molecule has 0 aromatic heterocycles. The minimum absolute atomic E-state index is 1.42. The van der Waals surface area contributed by atoms with Gasteiger partial charge in [0.05, 0.1) is 0 Å². The first-order chi connectivity index (χ1) is 3.41. The molecular weight excluding hydrogens is 152 g/mol. The van der Waals surface area contributed by atoms with Crippen LogP contribution in [-0.2, 0) is 8.92 Å². The van der Waals surface area contributed by atoms with Crippen molar-refractivity contribution in [2.45, 2.75) is 0 Å². The second-order valence-corrected chi connectivity index (χ2v) is 2.05. The second kappa shape index (κ2) is 5.02. The van der Waals surface area contributed by atoms with E-state index in [9.17, 15) is 0 Å². The minimum Gasteiger partial charge on any atom is -0.368 e. The molecule has 6 nitrogen and oxygen atoms in total. The number of hydrogen-bond donors (Lipinski definition) is 4. The third-order valence-corrected chi connectivity index (χ3v) is 0. The molecule has 0 saturated carbocycles. The smallest absolute Gasteiger partial charge is 0.368 e. The van der Waals surface area contributed by atoms with E-state index in [2.05, 4.69) is 0 Å². The topological polar surface area (TPSA) is 115 Å². The van der Waals surface area contributed by atoms with Gasteiger partial charge in [0, 0.05) is 0 Å². The molecule has 0 heterocycles. The van der Waals surface area contributed by atoms with Gasteiger partial charge in [-0.15, -0.1) is 0 Å². The standard InChI is InChI=1S/H4O4Si.O2Si/c1-5(2,3)4;1-3-2/h1-4H;. The van der Waals surface area contributed by atoms with Gasteiger partial charge >= 0.3 is 18.3 Å². The molecular formula is H4O6Si2. The third kappa shape index (κ3) is 8760. The van der Waals surface area contributed by atoms with E-state index in [4.69, 9.17) is 28.1 Å².